The molecule has 14 nitrogen and oxygen atoms in total. The van der Waals surface area contributed by atoms with E-state index in [0.717, 1.165) is 35.6 Å². The lowest BCUT2D eigenvalue weighted by Gasteiger charge is -2.25. The highest BCUT2D eigenvalue weighted by molar-refractivity contribution is 5.95. The predicted molar refractivity (Wildman–Crippen MR) is 191 cm³/mol. The first-order chi connectivity index (χ1) is 24.1. The molecule has 11 N–H and O–H groups in total. The van der Waals surface area contributed by atoms with Crippen LogP contribution in [0.25, 0.3) is 10.8 Å². The summed E-state index contributed by atoms with van der Waals surface area (Å²) in [7, 11) is 0. The summed E-state index contributed by atoms with van der Waals surface area (Å²) in [4.78, 5) is 69.4. The maximum atomic E-state index is 13.8. The minimum Gasteiger partial charge on any atom is -0.459 e. The Morgan fingerprint density at radius 3 is 2.06 bits per heavy atom. The van der Waals surface area contributed by atoms with Gasteiger partial charge in [-0.25, -0.2) is 4.79 Å². The number of nitrogens with one attached hydrogen (secondary N) is 3. The average Bonchev–Trinajstić information content (AvgIpc) is 3.10. The molecule has 4 amide bonds. The lowest BCUT2D eigenvalue weighted by molar-refractivity contribution is -0.134. The van der Waals surface area contributed by atoms with E-state index >= 15 is 0 Å². The smallest absolute Gasteiger partial charge is 0.338 e. The van der Waals surface area contributed by atoms with Crippen molar-refractivity contribution in [2.45, 2.75) is 69.5 Å². The summed E-state index contributed by atoms with van der Waals surface area (Å²) >= 11 is 0. The molecule has 268 valence electrons. The van der Waals surface area contributed by atoms with Gasteiger partial charge >= 0.3 is 5.97 Å². The molecule has 0 unspecified atom stereocenters. The number of benzene rings is 3. The third-order valence-electron chi connectivity index (χ3n) is 7.89. The van der Waals surface area contributed by atoms with E-state index in [4.69, 9.17) is 27.7 Å². The van der Waals surface area contributed by atoms with Crippen LogP contribution in [0.15, 0.2) is 77.8 Å². The molecule has 0 aliphatic heterocycles. The zero-order chi connectivity index (χ0) is 36.3. The molecule has 0 aromatic heterocycles. The number of primary amides is 1. The van der Waals surface area contributed by atoms with Crippen molar-refractivity contribution in [1.82, 2.24) is 16.0 Å². The van der Waals surface area contributed by atoms with Gasteiger partial charge in [0.1, 0.15) is 24.7 Å². The zero-order valence-corrected chi connectivity index (χ0v) is 28.1. The van der Waals surface area contributed by atoms with Crippen LogP contribution < -0.4 is 38.9 Å². The van der Waals surface area contributed by atoms with Gasteiger partial charge in [0.25, 0.3) is 0 Å². The standard InChI is InChI=1S/C36H48N8O6/c37-19-9-2-1-6-16-31(45)42-30(23-50-35(49)26-12-4-3-5-13-26)34(48)44-29(22-24-17-18-25-11-7-8-14-27(25)21-24)33(47)43-28(32(38)46)15-10-20-41-36(39)40/h3-5,7-8,11-14,17-18,21,28-30H,1-2,6,9-10,15-16,19-20,22-23,37H2,(H2,38,46)(H,42,45)(H,43,47)(H,44,48)(H4,39,40,41)/t28-,29-,30-/m0/s1. The molecule has 0 saturated carbocycles. The topological polar surface area (TPSA) is 247 Å². The maximum absolute atomic E-state index is 13.8. The molecule has 3 aromatic carbocycles. The van der Waals surface area contributed by atoms with E-state index in [1.165, 1.54) is 0 Å². The highest BCUT2D eigenvalue weighted by Crippen LogP contribution is 2.17. The van der Waals surface area contributed by atoms with Crippen LogP contribution in [-0.2, 0) is 30.3 Å². The molecule has 0 heterocycles. The van der Waals surface area contributed by atoms with E-state index in [2.05, 4.69) is 20.9 Å². The van der Waals surface area contributed by atoms with Gasteiger partial charge < -0.3 is 43.6 Å². The van der Waals surface area contributed by atoms with Crippen LogP contribution in [-0.4, -0.2) is 73.4 Å². The second kappa shape index (κ2) is 20.8. The van der Waals surface area contributed by atoms with E-state index in [-0.39, 0.29) is 37.3 Å². The first-order valence-electron chi connectivity index (χ1n) is 16.7. The van der Waals surface area contributed by atoms with Crippen LogP contribution in [0.3, 0.4) is 0 Å². The molecule has 14 heteroatoms. The monoisotopic (exact) mass is 688 g/mol. The summed E-state index contributed by atoms with van der Waals surface area (Å²) in [6, 6.07) is 17.9. The van der Waals surface area contributed by atoms with Crippen molar-refractivity contribution in [3.63, 3.8) is 0 Å². The highest BCUT2D eigenvalue weighted by atomic mass is 16.5. The van der Waals surface area contributed by atoms with Crippen LogP contribution in [0.2, 0.25) is 0 Å². The highest BCUT2D eigenvalue weighted by Gasteiger charge is 2.30. The fraction of sp³-hybridized carbons (Fsp3) is 0.389. The molecular formula is C36H48N8O6. The van der Waals surface area contributed by atoms with Gasteiger partial charge in [-0.1, -0.05) is 73.5 Å². The van der Waals surface area contributed by atoms with Crippen molar-refractivity contribution in [2.75, 3.05) is 19.7 Å². The maximum Gasteiger partial charge on any atom is 0.338 e. The van der Waals surface area contributed by atoms with Crippen LogP contribution in [0.4, 0.5) is 0 Å². The normalized spacial score (nSPS) is 12.6. The lowest BCUT2D eigenvalue weighted by Crippen LogP contribution is -2.58. The lowest BCUT2D eigenvalue weighted by atomic mass is 10.00. The molecule has 0 fully saturated rings. The van der Waals surface area contributed by atoms with Gasteiger partial charge in [0.2, 0.25) is 23.6 Å². The Morgan fingerprint density at radius 2 is 1.36 bits per heavy atom. The van der Waals surface area contributed by atoms with E-state index in [1.807, 2.05) is 42.5 Å². The van der Waals surface area contributed by atoms with Crippen LogP contribution in [0, 0.1) is 0 Å². The minimum absolute atomic E-state index is 0.0352. The molecule has 0 aliphatic carbocycles. The number of carbonyl (C=O) groups is 5. The number of fused-ring (bicyclic) bond motifs is 1. The first-order valence-corrected chi connectivity index (χ1v) is 16.7. The minimum atomic E-state index is -1.32. The number of aliphatic imine (C=N–C) groups is 1. The fourth-order valence-electron chi connectivity index (χ4n) is 5.19. The second-order valence-electron chi connectivity index (χ2n) is 11.9. The number of ether oxygens (including phenoxy) is 1. The van der Waals surface area contributed by atoms with E-state index in [0.29, 0.717) is 19.4 Å². The molecule has 50 heavy (non-hydrogen) atoms. The number of carbonyl (C=O) groups excluding carboxylic acids is 5. The molecule has 3 aromatic rings. The number of guanidine groups is 1. The van der Waals surface area contributed by atoms with Crippen molar-refractivity contribution >= 4 is 46.3 Å². The molecule has 0 saturated heterocycles. The summed E-state index contributed by atoms with van der Waals surface area (Å²) < 4.78 is 5.43. The summed E-state index contributed by atoms with van der Waals surface area (Å²) in [5.74, 6) is -3.42. The Kier molecular flexibility index (Phi) is 16.2. The predicted octanol–water partition coefficient (Wildman–Crippen LogP) is 1.14. The number of amides is 4. The SMILES string of the molecule is NCCCCCCC(=O)N[C@@H](COC(=O)c1ccccc1)C(=O)N[C@@H](Cc1ccc2ccccc2c1)C(=O)N[C@@H](CCCN=C(N)N)C(N)=O. The number of nitrogens with two attached hydrogens (primary N) is 4. The largest absolute Gasteiger partial charge is 0.459 e. The Labute approximate surface area is 291 Å². The fourth-order valence-corrected chi connectivity index (χ4v) is 5.19. The van der Waals surface area contributed by atoms with Crippen molar-refractivity contribution in [3.05, 3.63) is 83.9 Å². The van der Waals surface area contributed by atoms with E-state index in [1.54, 1.807) is 30.3 Å². The molecule has 3 rings (SSSR count). The van der Waals surface area contributed by atoms with E-state index < -0.39 is 54.3 Å². The van der Waals surface area contributed by atoms with E-state index in [9.17, 15) is 24.0 Å². The Morgan fingerprint density at radius 1 is 0.700 bits per heavy atom. The number of rotatable bonds is 21. The van der Waals surface area contributed by atoms with Gasteiger partial charge in [0.05, 0.1) is 5.56 Å². The van der Waals surface area contributed by atoms with Crippen molar-refractivity contribution in [1.29, 1.82) is 0 Å². The summed E-state index contributed by atoms with van der Waals surface area (Å²) in [5, 5.41) is 9.93. The Balaban J connectivity index is 1.82. The average molecular weight is 689 g/mol. The quantitative estimate of drug-likeness (QED) is 0.0366. The molecule has 0 spiro atoms. The van der Waals surface area contributed by atoms with Crippen molar-refractivity contribution in [3.8, 4) is 0 Å². The zero-order valence-electron chi connectivity index (χ0n) is 28.1. The van der Waals surface area contributed by atoms with Gasteiger partial charge in [-0.3, -0.25) is 24.2 Å². The number of hydrogen-bond acceptors (Lipinski definition) is 8. The van der Waals surface area contributed by atoms with Gasteiger partial charge in [-0.05, 0) is 60.7 Å². The summed E-state index contributed by atoms with van der Waals surface area (Å²) in [5.41, 5.74) is 22.9. The van der Waals surface area contributed by atoms with Gasteiger partial charge in [-0.2, -0.15) is 0 Å². The van der Waals surface area contributed by atoms with Crippen molar-refractivity contribution in [2.24, 2.45) is 27.9 Å². The molecular weight excluding hydrogens is 640 g/mol. The van der Waals surface area contributed by atoms with Gasteiger partial charge in [0, 0.05) is 19.4 Å². The number of nitrogens with zero attached hydrogens (tertiary/aromatic N) is 1. The summed E-state index contributed by atoms with van der Waals surface area (Å²) in [6.45, 7) is 0.292. The Bertz CT molecular complexity index is 1610. The molecule has 0 radical (unpaired) electrons. The molecule has 0 aliphatic rings. The van der Waals surface area contributed by atoms with Crippen LogP contribution in [0.1, 0.15) is 60.9 Å². The molecule has 3 atom stereocenters. The number of unbranched alkanes of at least 4 members (excludes halogenated alkanes) is 3. The van der Waals surface area contributed by atoms with Gasteiger partial charge in [-0.15, -0.1) is 0 Å². The molecule has 0 bridgehead atoms. The third kappa shape index (κ3) is 13.5. The van der Waals surface area contributed by atoms with Crippen LogP contribution in [0.5, 0.6) is 0 Å². The summed E-state index contributed by atoms with van der Waals surface area (Å²) in [6.07, 6.45) is 3.74. The van der Waals surface area contributed by atoms with Gasteiger partial charge in [0.15, 0.2) is 5.96 Å². The van der Waals surface area contributed by atoms with Crippen molar-refractivity contribution < 1.29 is 28.7 Å². The number of esters is 1. The second-order valence-corrected chi connectivity index (χ2v) is 11.9. The van der Waals surface area contributed by atoms with Crippen LogP contribution >= 0.6 is 0 Å². The third-order valence-corrected chi connectivity index (χ3v) is 7.89. The first kappa shape index (κ1) is 38.9. The Hall–Kier alpha value is -5.50. The number of hydrogen-bond donors (Lipinski definition) is 7.